The second-order valence-corrected chi connectivity index (χ2v) is 8.79. The molecule has 1 aliphatic carbocycles. The van der Waals surface area contributed by atoms with E-state index < -0.39 is 30.2 Å². The van der Waals surface area contributed by atoms with Crippen molar-refractivity contribution in [1.82, 2.24) is 21.7 Å². The third-order valence-corrected chi connectivity index (χ3v) is 6.42. The molecule has 0 radical (unpaired) electrons. The number of amides is 1. The van der Waals surface area contributed by atoms with Crippen molar-refractivity contribution >= 4 is 11.9 Å². The Balaban J connectivity index is 1.43. The van der Waals surface area contributed by atoms with Gasteiger partial charge in [0.1, 0.15) is 6.17 Å². The van der Waals surface area contributed by atoms with E-state index in [-0.39, 0.29) is 30.8 Å². The van der Waals surface area contributed by atoms with Gasteiger partial charge in [0.15, 0.2) is 6.10 Å². The van der Waals surface area contributed by atoms with Crippen molar-refractivity contribution in [2.24, 2.45) is 5.92 Å². The summed E-state index contributed by atoms with van der Waals surface area (Å²) in [5.74, 6) is -2.21. The van der Waals surface area contributed by atoms with Crippen LogP contribution < -0.4 is 21.7 Å². The highest BCUT2D eigenvalue weighted by atomic mass is 19.1. The van der Waals surface area contributed by atoms with Crippen LogP contribution in [0.5, 0.6) is 0 Å². The quantitative estimate of drug-likeness (QED) is 0.354. The van der Waals surface area contributed by atoms with E-state index in [4.69, 9.17) is 5.11 Å². The van der Waals surface area contributed by atoms with Crippen LogP contribution in [0.2, 0.25) is 0 Å². The first kappa shape index (κ1) is 23.3. The maximum atomic E-state index is 14.5. The van der Waals surface area contributed by atoms with Crippen molar-refractivity contribution in [2.75, 3.05) is 0 Å². The first-order chi connectivity index (χ1) is 15.9. The van der Waals surface area contributed by atoms with Gasteiger partial charge in [-0.25, -0.2) is 20.0 Å². The fraction of sp³-hybridized carbons (Fsp3) is 0.417. The number of halogens is 1. The van der Waals surface area contributed by atoms with Crippen LogP contribution >= 0.6 is 0 Å². The van der Waals surface area contributed by atoms with Gasteiger partial charge in [0.2, 0.25) is 5.91 Å². The van der Waals surface area contributed by atoms with E-state index in [9.17, 15) is 19.1 Å². The number of hydrazine groups is 2. The van der Waals surface area contributed by atoms with Crippen LogP contribution in [0.4, 0.5) is 4.39 Å². The van der Waals surface area contributed by atoms with Crippen LogP contribution in [0.3, 0.4) is 0 Å². The number of hydrogen-bond acceptors (Lipinski definition) is 6. The molecule has 8 nitrogen and oxygen atoms in total. The number of alkyl halides is 1. The zero-order valence-corrected chi connectivity index (χ0v) is 18.1. The van der Waals surface area contributed by atoms with Gasteiger partial charge in [-0.3, -0.25) is 4.79 Å². The van der Waals surface area contributed by atoms with Crippen LogP contribution in [-0.2, 0) is 16.0 Å². The van der Waals surface area contributed by atoms with E-state index in [1.165, 1.54) is 0 Å². The van der Waals surface area contributed by atoms with E-state index in [1.54, 1.807) is 0 Å². The summed E-state index contributed by atoms with van der Waals surface area (Å²) in [6.45, 7) is 0. The number of carbonyl (C=O) groups excluding carboxylic acids is 1. The van der Waals surface area contributed by atoms with Crippen molar-refractivity contribution < 1.29 is 24.2 Å². The number of aliphatic hydroxyl groups is 1. The maximum absolute atomic E-state index is 14.5. The zero-order valence-electron chi connectivity index (χ0n) is 18.1. The third kappa shape index (κ3) is 5.75. The van der Waals surface area contributed by atoms with Crippen molar-refractivity contribution in [3.63, 3.8) is 0 Å². The number of aliphatic hydroxyl groups excluding tert-OH is 1. The minimum atomic E-state index is -1.60. The molecule has 176 valence electrons. The lowest BCUT2D eigenvalue weighted by atomic mass is 9.81. The molecule has 6 atom stereocenters. The summed E-state index contributed by atoms with van der Waals surface area (Å²) in [5, 5.41) is 21.9. The molecule has 4 rings (SSSR count). The number of benzene rings is 2. The molecule has 33 heavy (non-hydrogen) atoms. The number of rotatable bonds is 8. The number of carboxylic acids is 1. The number of fused-ring (bicyclic) bond motifs is 1. The molecule has 0 spiro atoms. The van der Waals surface area contributed by atoms with Crippen molar-refractivity contribution in [2.45, 2.75) is 56.1 Å². The van der Waals surface area contributed by atoms with Crippen LogP contribution in [0, 0.1) is 5.92 Å². The van der Waals surface area contributed by atoms with Gasteiger partial charge in [0.25, 0.3) is 0 Å². The number of aliphatic carboxylic acids is 1. The second-order valence-electron chi connectivity index (χ2n) is 8.79. The fourth-order valence-electron chi connectivity index (χ4n) is 4.62. The Kier molecular flexibility index (Phi) is 7.34. The van der Waals surface area contributed by atoms with Crippen LogP contribution in [0.1, 0.15) is 24.8 Å². The Morgan fingerprint density at radius 1 is 1.03 bits per heavy atom. The summed E-state index contributed by atoms with van der Waals surface area (Å²) in [4.78, 5) is 24.2. The Morgan fingerprint density at radius 3 is 2.42 bits per heavy atom. The SMILES string of the molecule is O=C(NC(Cc1ccc(-c2ccccc2)cc1)C[C@@H](O)C(=O)O)C1CC(F)C2NNNC2C1. The third-order valence-electron chi connectivity index (χ3n) is 6.42. The number of carbonyl (C=O) groups is 2. The molecule has 5 unspecified atom stereocenters. The monoisotopic (exact) mass is 456 g/mol. The van der Waals surface area contributed by atoms with E-state index in [0.717, 1.165) is 16.7 Å². The first-order valence-corrected chi connectivity index (χ1v) is 11.2. The van der Waals surface area contributed by atoms with Crippen molar-refractivity contribution in [3.05, 3.63) is 60.2 Å². The summed E-state index contributed by atoms with van der Waals surface area (Å²) in [6.07, 6.45) is -2.03. The molecule has 1 saturated carbocycles. The Labute approximate surface area is 191 Å². The molecule has 0 aromatic heterocycles. The molecule has 2 aliphatic rings. The molecule has 1 saturated heterocycles. The Morgan fingerprint density at radius 2 is 1.73 bits per heavy atom. The average molecular weight is 457 g/mol. The summed E-state index contributed by atoms with van der Waals surface area (Å²) in [7, 11) is 0. The van der Waals surface area contributed by atoms with Gasteiger partial charge in [0.05, 0.1) is 6.04 Å². The lowest BCUT2D eigenvalue weighted by Crippen LogP contribution is -2.52. The largest absolute Gasteiger partial charge is 0.479 e. The van der Waals surface area contributed by atoms with Gasteiger partial charge in [-0.1, -0.05) is 54.6 Å². The molecule has 2 aromatic carbocycles. The topological polar surface area (TPSA) is 123 Å². The minimum Gasteiger partial charge on any atom is -0.479 e. The fourth-order valence-corrected chi connectivity index (χ4v) is 4.62. The van der Waals surface area contributed by atoms with E-state index >= 15 is 0 Å². The lowest BCUT2D eigenvalue weighted by molar-refractivity contribution is -0.147. The molecule has 1 aliphatic heterocycles. The molecule has 1 amide bonds. The van der Waals surface area contributed by atoms with Gasteiger partial charge >= 0.3 is 5.97 Å². The zero-order chi connectivity index (χ0) is 23.4. The molecular weight excluding hydrogens is 427 g/mol. The molecule has 2 aromatic rings. The predicted octanol–water partition coefficient (Wildman–Crippen LogP) is 1.31. The number of hydrogen-bond donors (Lipinski definition) is 6. The van der Waals surface area contributed by atoms with E-state index in [2.05, 4.69) is 21.7 Å². The standard InChI is InChI=1S/C24H29FN4O4/c25-19-11-17(12-20-22(19)28-29-27-20)23(31)26-18(13-21(30)24(32)33)10-14-6-8-16(9-7-14)15-4-2-1-3-5-15/h1-9,17-22,27-30H,10-13H2,(H,26,31)(H,32,33)/t17?,18?,19?,20?,21-,22?/m1/s1. The van der Waals surface area contributed by atoms with Crippen LogP contribution in [0.25, 0.3) is 11.1 Å². The second kappa shape index (κ2) is 10.4. The Hall–Kier alpha value is -2.85. The van der Waals surface area contributed by atoms with Gasteiger partial charge < -0.3 is 15.5 Å². The summed E-state index contributed by atoms with van der Waals surface area (Å²) >= 11 is 0. The van der Waals surface area contributed by atoms with Crippen LogP contribution in [-0.4, -0.2) is 52.5 Å². The van der Waals surface area contributed by atoms with E-state index in [0.29, 0.717) is 12.8 Å². The minimum absolute atomic E-state index is 0.0866. The average Bonchev–Trinajstić information content (AvgIpc) is 3.29. The normalized spacial score (nSPS) is 26.2. The molecule has 0 bridgehead atoms. The maximum Gasteiger partial charge on any atom is 0.332 e. The number of nitrogens with one attached hydrogen (secondary N) is 4. The van der Waals surface area contributed by atoms with Crippen LogP contribution in [0.15, 0.2) is 54.6 Å². The number of carboxylic acid groups (broad SMARTS) is 1. The van der Waals surface area contributed by atoms with Gasteiger partial charge in [-0.15, -0.1) is 0 Å². The molecular formula is C24H29FN4O4. The lowest BCUT2D eigenvalue weighted by Gasteiger charge is -2.33. The first-order valence-electron chi connectivity index (χ1n) is 11.2. The van der Waals surface area contributed by atoms with Crippen molar-refractivity contribution in [1.29, 1.82) is 0 Å². The Bertz CT molecular complexity index is 959. The van der Waals surface area contributed by atoms with Gasteiger partial charge in [-0.2, -0.15) is 5.53 Å². The molecule has 6 N–H and O–H groups in total. The highest BCUT2D eigenvalue weighted by Crippen LogP contribution is 2.29. The van der Waals surface area contributed by atoms with Gasteiger partial charge in [-0.05, 0) is 36.0 Å². The van der Waals surface area contributed by atoms with E-state index in [1.807, 2.05) is 54.6 Å². The molecule has 1 heterocycles. The highest BCUT2D eigenvalue weighted by Gasteiger charge is 2.43. The summed E-state index contributed by atoms with van der Waals surface area (Å²) in [6, 6.07) is 16.5. The summed E-state index contributed by atoms with van der Waals surface area (Å²) in [5.41, 5.74) is 11.5. The molecule has 9 heteroatoms. The molecule has 2 fully saturated rings. The van der Waals surface area contributed by atoms with Gasteiger partial charge in [0, 0.05) is 24.4 Å². The smallest absolute Gasteiger partial charge is 0.332 e. The summed E-state index contributed by atoms with van der Waals surface area (Å²) < 4.78 is 14.5. The predicted molar refractivity (Wildman–Crippen MR) is 120 cm³/mol. The highest BCUT2D eigenvalue weighted by molar-refractivity contribution is 5.79. The van der Waals surface area contributed by atoms with Crippen molar-refractivity contribution in [3.8, 4) is 11.1 Å².